The fourth-order valence-electron chi connectivity index (χ4n) is 8.77. The standard InChI is InChI=1S/C55H34N4S/c1-2-14-36(15-3-1)53-56-54(41-18-10-17-38(32-41)39-28-27-35-13-4-5-16-37(35)31-39)58-55(57-53)42-19-11-20-43(33-42)59-48-24-8-6-21-45(48)46-30-29-40(34-49(46)59)44-23-12-26-51-52(44)47-22-7-9-25-50(47)60-51/h1-34H. The van der Waals surface area contributed by atoms with E-state index in [1.54, 1.807) is 0 Å². The molecule has 3 heterocycles. The third-order valence-electron chi connectivity index (χ3n) is 11.6. The second-order valence-corrected chi connectivity index (χ2v) is 16.3. The van der Waals surface area contributed by atoms with Crippen LogP contribution in [0.5, 0.6) is 0 Å². The highest BCUT2D eigenvalue weighted by molar-refractivity contribution is 7.25. The van der Waals surface area contributed by atoms with Gasteiger partial charge in [0, 0.05) is 53.3 Å². The quantitative estimate of drug-likeness (QED) is 0.169. The average Bonchev–Trinajstić information content (AvgIpc) is 3.87. The van der Waals surface area contributed by atoms with Crippen molar-refractivity contribution in [3.8, 4) is 62.1 Å². The van der Waals surface area contributed by atoms with Gasteiger partial charge in [-0.15, -0.1) is 11.3 Å². The van der Waals surface area contributed by atoms with E-state index in [2.05, 4.69) is 193 Å². The maximum Gasteiger partial charge on any atom is 0.164 e. The lowest BCUT2D eigenvalue weighted by molar-refractivity contribution is 1.07. The van der Waals surface area contributed by atoms with Crippen LogP contribution in [0.15, 0.2) is 206 Å². The predicted octanol–water partition coefficient (Wildman–Crippen LogP) is 14.8. The Kier molecular flexibility index (Phi) is 8.00. The summed E-state index contributed by atoms with van der Waals surface area (Å²) in [5.41, 5.74) is 10.8. The van der Waals surface area contributed by atoms with Crippen molar-refractivity contribution >= 4 is 64.1 Å². The van der Waals surface area contributed by atoms with Crippen LogP contribution in [-0.4, -0.2) is 19.5 Å². The molecule has 0 saturated carbocycles. The highest BCUT2D eigenvalue weighted by Gasteiger charge is 2.18. The number of thiophene rings is 1. The summed E-state index contributed by atoms with van der Waals surface area (Å²) in [4.78, 5) is 15.4. The first-order valence-electron chi connectivity index (χ1n) is 20.2. The summed E-state index contributed by atoms with van der Waals surface area (Å²) in [6.07, 6.45) is 0. The molecule has 0 radical (unpaired) electrons. The van der Waals surface area contributed by atoms with Gasteiger partial charge in [-0.1, -0.05) is 158 Å². The third kappa shape index (κ3) is 5.78. The van der Waals surface area contributed by atoms with Crippen molar-refractivity contribution in [2.75, 3.05) is 0 Å². The highest BCUT2D eigenvalue weighted by Crippen LogP contribution is 2.42. The van der Waals surface area contributed by atoms with E-state index in [1.807, 2.05) is 29.5 Å². The van der Waals surface area contributed by atoms with Crippen molar-refractivity contribution in [2.45, 2.75) is 0 Å². The lowest BCUT2D eigenvalue weighted by Gasteiger charge is -2.13. The van der Waals surface area contributed by atoms with Crippen LogP contribution in [0.4, 0.5) is 0 Å². The van der Waals surface area contributed by atoms with Gasteiger partial charge in [0.2, 0.25) is 0 Å². The number of aromatic nitrogens is 4. The fraction of sp³-hybridized carbons (Fsp3) is 0. The zero-order valence-corrected chi connectivity index (χ0v) is 33.1. The number of nitrogens with zero attached hydrogens (tertiary/aromatic N) is 4. The first-order chi connectivity index (χ1) is 29.7. The zero-order chi connectivity index (χ0) is 39.6. The molecule has 4 nitrogen and oxygen atoms in total. The van der Waals surface area contributed by atoms with Crippen LogP contribution in [0.2, 0.25) is 0 Å². The molecule has 12 rings (SSSR count). The minimum absolute atomic E-state index is 0.620. The van der Waals surface area contributed by atoms with E-state index >= 15 is 0 Å². The van der Waals surface area contributed by atoms with Gasteiger partial charge >= 0.3 is 0 Å². The lowest BCUT2D eigenvalue weighted by Crippen LogP contribution is -2.01. The van der Waals surface area contributed by atoms with E-state index in [0.717, 1.165) is 44.5 Å². The largest absolute Gasteiger partial charge is 0.309 e. The van der Waals surface area contributed by atoms with Crippen LogP contribution >= 0.6 is 11.3 Å². The summed E-state index contributed by atoms with van der Waals surface area (Å²) in [6, 6.07) is 73.4. The molecule has 0 spiro atoms. The molecular formula is C55H34N4S. The fourth-order valence-corrected chi connectivity index (χ4v) is 9.90. The molecule has 0 saturated heterocycles. The Labute approximate surface area is 350 Å². The van der Waals surface area contributed by atoms with Crippen LogP contribution in [0.3, 0.4) is 0 Å². The van der Waals surface area contributed by atoms with Crippen LogP contribution in [0.25, 0.3) is 115 Å². The summed E-state index contributed by atoms with van der Waals surface area (Å²) in [5, 5.41) is 7.46. The SMILES string of the molecule is c1ccc(-c2nc(-c3cccc(-c4ccc5ccccc5c4)c3)nc(-c3cccc(-n4c5ccccc5c5ccc(-c6cccc7sc8ccccc8c67)cc54)c3)n2)cc1. The number of para-hydroxylation sites is 1. The Morgan fingerprint density at radius 1 is 0.333 bits per heavy atom. The maximum absolute atomic E-state index is 5.20. The lowest BCUT2D eigenvalue weighted by atomic mass is 9.98. The van der Waals surface area contributed by atoms with Gasteiger partial charge in [0.15, 0.2) is 17.5 Å². The second kappa shape index (κ2) is 14.0. The molecule has 9 aromatic carbocycles. The first-order valence-corrected chi connectivity index (χ1v) is 21.0. The Morgan fingerprint density at radius 2 is 0.933 bits per heavy atom. The molecule has 5 heteroatoms. The summed E-state index contributed by atoms with van der Waals surface area (Å²) in [5.74, 6) is 1.88. The van der Waals surface area contributed by atoms with Gasteiger partial charge in [0.1, 0.15) is 0 Å². The normalized spacial score (nSPS) is 11.7. The summed E-state index contributed by atoms with van der Waals surface area (Å²) >= 11 is 1.85. The molecule has 0 N–H and O–H groups in total. The van der Waals surface area contributed by atoms with Gasteiger partial charge in [-0.2, -0.15) is 0 Å². The van der Waals surface area contributed by atoms with Crippen LogP contribution < -0.4 is 0 Å². The van der Waals surface area contributed by atoms with Gasteiger partial charge in [0.25, 0.3) is 0 Å². The number of hydrogen-bond acceptors (Lipinski definition) is 4. The molecule has 0 atom stereocenters. The van der Waals surface area contributed by atoms with Gasteiger partial charge in [-0.25, -0.2) is 15.0 Å². The van der Waals surface area contributed by atoms with Gasteiger partial charge < -0.3 is 4.57 Å². The van der Waals surface area contributed by atoms with E-state index in [4.69, 9.17) is 15.0 Å². The summed E-state index contributed by atoms with van der Waals surface area (Å²) < 4.78 is 4.99. The van der Waals surface area contributed by atoms with Crippen LogP contribution in [0, 0.1) is 0 Å². The molecule has 0 bridgehead atoms. The Morgan fingerprint density at radius 3 is 1.80 bits per heavy atom. The minimum Gasteiger partial charge on any atom is -0.309 e. The third-order valence-corrected chi connectivity index (χ3v) is 12.8. The van der Waals surface area contributed by atoms with E-state index in [1.165, 1.54) is 52.8 Å². The molecule has 60 heavy (non-hydrogen) atoms. The molecule has 12 aromatic rings. The number of hydrogen-bond donors (Lipinski definition) is 0. The van der Waals surface area contributed by atoms with Crippen LogP contribution in [0.1, 0.15) is 0 Å². The first kappa shape index (κ1) is 34.3. The predicted molar refractivity (Wildman–Crippen MR) is 252 cm³/mol. The van der Waals surface area contributed by atoms with Gasteiger partial charge in [-0.3, -0.25) is 0 Å². The molecular weight excluding hydrogens is 749 g/mol. The van der Waals surface area contributed by atoms with Gasteiger partial charge in [-0.05, 0) is 81.6 Å². The molecule has 0 amide bonds. The highest BCUT2D eigenvalue weighted by atomic mass is 32.1. The Hall–Kier alpha value is -7.73. The number of benzene rings is 9. The van der Waals surface area contributed by atoms with E-state index in [0.29, 0.717) is 17.5 Å². The summed E-state index contributed by atoms with van der Waals surface area (Å²) in [6.45, 7) is 0. The molecule has 0 unspecified atom stereocenters. The minimum atomic E-state index is 0.620. The molecule has 0 aliphatic carbocycles. The number of rotatable bonds is 6. The van der Waals surface area contributed by atoms with Crippen molar-refractivity contribution in [1.29, 1.82) is 0 Å². The van der Waals surface area contributed by atoms with Crippen molar-refractivity contribution in [2.24, 2.45) is 0 Å². The van der Waals surface area contributed by atoms with E-state index in [9.17, 15) is 0 Å². The van der Waals surface area contributed by atoms with Crippen molar-refractivity contribution < 1.29 is 0 Å². The number of fused-ring (bicyclic) bond motifs is 7. The van der Waals surface area contributed by atoms with Crippen molar-refractivity contribution in [1.82, 2.24) is 19.5 Å². The molecule has 3 aromatic heterocycles. The van der Waals surface area contributed by atoms with Gasteiger partial charge in [0.05, 0.1) is 11.0 Å². The molecule has 0 aliphatic rings. The van der Waals surface area contributed by atoms with Crippen LogP contribution in [-0.2, 0) is 0 Å². The monoisotopic (exact) mass is 782 g/mol. The Balaban J connectivity index is 1.01. The zero-order valence-electron chi connectivity index (χ0n) is 32.3. The smallest absolute Gasteiger partial charge is 0.164 e. The molecule has 0 aliphatic heterocycles. The van der Waals surface area contributed by atoms with Crippen molar-refractivity contribution in [3.05, 3.63) is 206 Å². The van der Waals surface area contributed by atoms with E-state index in [-0.39, 0.29) is 0 Å². The summed E-state index contributed by atoms with van der Waals surface area (Å²) in [7, 11) is 0. The Bertz CT molecular complexity index is 3620. The topological polar surface area (TPSA) is 43.6 Å². The van der Waals surface area contributed by atoms with Crippen molar-refractivity contribution in [3.63, 3.8) is 0 Å². The van der Waals surface area contributed by atoms with E-state index < -0.39 is 0 Å². The molecule has 280 valence electrons. The second-order valence-electron chi connectivity index (χ2n) is 15.2. The maximum atomic E-state index is 5.20. The average molecular weight is 783 g/mol. The molecule has 0 fully saturated rings.